The summed E-state index contributed by atoms with van der Waals surface area (Å²) in [5.41, 5.74) is 6.30. The van der Waals surface area contributed by atoms with Gasteiger partial charge >= 0.3 is 0 Å². The Bertz CT molecular complexity index is 773. The Morgan fingerprint density at radius 2 is 1.56 bits per heavy atom. The molecule has 3 rings (SSSR count). The maximum Gasteiger partial charge on any atom is 0.183 e. The largest absolute Gasteiger partial charge is 0.510 e. The Kier molecular flexibility index (Phi) is 4.57. The van der Waals surface area contributed by atoms with Gasteiger partial charge in [0.1, 0.15) is 17.2 Å². The van der Waals surface area contributed by atoms with Gasteiger partial charge in [0.05, 0.1) is 0 Å². The van der Waals surface area contributed by atoms with Crippen LogP contribution in [0, 0.1) is 11.6 Å². The first-order valence-electron chi connectivity index (χ1n) is 8.12. The number of aliphatic hydroxyl groups is 1. The van der Waals surface area contributed by atoms with Gasteiger partial charge in [0.2, 0.25) is 0 Å². The van der Waals surface area contributed by atoms with Crippen LogP contribution in [0.25, 0.3) is 0 Å². The lowest BCUT2D eigenvalue weighted by molar-refractivity contribution is -0.116. The minimum atomic E-state index is -1.12. The molecule has 0 atom stereocenters. The van der Waals surface area contributed by atoms with Gasteiger partial charge in [-0.15, -0.1) is 0 Å². The van der Waals surface area contributed by atoms with Gasteiger partial charge in [-0.05, 0) is 31.4 Å². The van der Waals surface area contributed by atoms with Crippen LogP contribution in [0.3, 0.4) is 0 Å². The topological polar surface area (TPSA) is 83.6 Å². The van der Waals surface area contributed by atoms with E-state index in [-0.39, 0.29) is 59.4 Å². The fourth-order valence-electron chi connectivity index (χ4n) is 3.19. The van der Waals surface area contributed by atoms with Crippen molar-refractivity contribution >= 4 is 17.3 Å². The van der Waals surface area contributed by atoms with Gasteiger partial charge in [0.15, 0.2) is 23.2 Å². The van der Waals surface area contributed by atoms with Crippen molar-refractivity contribution in [2.75, 3.05) is 4.90 Å². The van der Waals surface area contributed by atoms with E-state index in [1.807, 2.05) is 0 Å². The van der Waals surface area contributed by atoms with Crippen molar-refractivity contribution in [1.29, 1.82) is 0 Å². The van der Waals surface area contributed by atoms with Crippen LogP contribution >= 0.6 is 0 Å². The second kappa shape index (κ2) is 6.66. The number of benzene rings is 1. The summed E-state index contributed by atoms with van der Waals surface area (Å²) in [5.74, 6) is -3.01. The molecule has 1 aromatic carbocycles. The number of anilines is 1. The lowest BCUT2D eigenvalue weighted by Gasteiger charge is -2.33. The number of halogens is 2. The van der Waals surface area contributed by atoms with Crippen molar-refractivity contribution in [3.63, 3.8) is 0 Å². The molecular formula is C18H18F2N2O3. The number of ketones is 2. The van der Waals surface area contributed by atoms with Crippen LogP contribution < -0.4 is 10.6 Å². The van der Waals surface area contributed by atoms with Gasteiger partial charge in [0.25, 0.3) is 0 Å². The Hall–Kier alpha value is -2.70. The van der Waals surface area contributed by atoms with E-state index in [1.165, 1.54) is 11.0 Å². The van der Waals surface area contributed by atoms with Gasteiger partial charge < -0.3 is 10.8 Å². The number of hydrogen-bond donors (Lipinski definition) is 2. The molecule has 25 heavy (non-hydrogen) atoms. The first kappa shape index (κ1) is 17.1. The summed E-state index contributed by atoms with van der Waals surface area (Å²) in [4.78, 5) is 26.1. The number of nitrogens with two attached hydrogens (primary N) is 1. The van der Waals surface area contributed by atoms with Crippen LogP contribution in [0.2, 0.25) is 0 Å². The van der Waals surface area contributed by atoms with Gasteiger partial charge in [-0.2, -0.15) is 0 Å². The highest BCUT2D eigenvalue weighted by Crippen LogP contribution is 2.35. The number of carbonyl (C=O) groups is 2. The summed E-state index contributed by atoms with van der Waals surface area (Å²) in [6.07, 6.45) is 2.21. The van der Waals surface area contributed by atoms with E-state index in [2.05, 4.69) is 0 Å². The van der Waals surface area contributed by atoms with E-state index in [4.69, 9.17) is 5.73 Å². The molecular weight excluding hydrogens is 330 g/mol. The Labute approximate surface area is 143 Å². The number of hydrogen-bond acceptors (Lipinski definition) is 5. The predicted molar refractivity (Wildman–Crippen MR) is 87.4 cm³/mol. The SMILES string of the molecule is NC1=C(N(C2=C(O)CCCC2=O)c2ccc(F)c(F)c2)C(=O)CCC1. The molecule has 1 aromatic rings. The fourth-order valence-corrected chi connectivity index (χ4v) is 3.19. The third-order valence-electron chi connectivity index (χ3n) is 4.38. The monoisotopic (exact) mass is 348 g/mol. The van der Waals surface area contributed by atoms with Crippen LogP contribution in [-0.4, -0.2) is 16.7 Å². The zero-order chi connectivity index (χ0) is 18.1. The summed E-state index contributed by atoms with van der Waals surface area (Å²) in [6, 6.07) is 3.05. The first-order chi connectivity index (χ1) is 11.9. The van der Waals surface area contributed by atoms with Crippen LogP contribution in [0.5, 0.6) is 0 Å². The molecule has 5 nitrogen and oxygen atoms in total. The highest BCUT2D eigenvalue weighted by atomic mass is 19.2. The zero-order valence-corrected chi connectivity index (χ0v) is 13.5. The minimum Gasteiger partial charge on any atom is -0.510 e. The third kappa shape index (κ3) is 3.14. The maximum atomic E-state index is 13.8. The second-order valence-electron chi connectivity index (χ2n) is 6.16. The molecule has 0 radical (unpaired) electrons. The summed E-state index contributed by atoms with van der Waals surface area (Å²) < 4.78 is 27.1. The van der Waals surface area contributed by atoms with Crippen molar-refractivity contribution in [2.24, 2.45) is 5.73 Å². The molecule has 0 saturated heterocycles. The molecule has 0 aliphatic heterocycles. The molecule has 0 unspecified atom stereocenters. The normalized spacial score (nSPS) is 18.8. The molecule has 0 heterocycles. The molecule has 0 spiro atoms. The fraction of sp³-hybridized carbons (Fsp3) is 0.333. The molecule has 0 aromatic heterocycles. The Balaban J connectivity index is 2.23. The highest BCUT2D eigenvalue weighted by molar-refractivity contribution is 6.07. The number of Topliss-reactive ketones (excluding diaryl/α,β-unsaturated/α-hetero) is 2. The summed E-state index contributed by atoms with van der Waals surface area (Å²) in [6.45, 7) is 0. The highest BCUT2D eigenvalue weighted by Gasteiger charge is 2.34. The quantitative estimate of drug-likeness (QED) is 0.876. The average molecular weight is 348 g/mol. The standard InChI is InChI=1S/C18H18F2N2O3/c19-11-8-7-10(9-12(11)20)22(17-13(21)3-1-4-14(17)23)18-15(24)5-2-6-16(18)25/h7-9,24H,1-6,21H2. The number of rotatable bonds is 3. The summed E-state index contributed by atoms with van der Waals surface area (Å²) >= 11 is 0. The molecule has 0 amide bonds. The summed E-state index contributed by atoms with van der Waals surface area (Å²) in [5, 5.41) is 10.3. The molecule has 2 aliphatic carbocycles. The van der Waals surface area contributed by atoms with E-state index in [0.717, 1.165) is 12.1 Å². The van der Waals surface area contributed by atoms with Gasteiger partial charge in [0, 0.05) is 36.7 Å². The number of aliphatic hydroxyl groups excluding tert-OH is 1. The van der Waals surface area contributed by atoms with E-state index < -0.39 is 11.6 Å². The van der Waals surface area contributed by atoms with E-state index >= 15 is 0 Å². The Morgan fingerprint density at radius 3 is 2.16 bits per heavy atom. The lowest BCUT2D eigenvalue weighted by atomic mass is 9.94. The van der Waals surface area contributed by atoms with Crippen molar-refractivity contribution in [1.82, 2.24) is 0 Å². The molecule has 7 heteroatoms. The number of nitrogens with zero attached hydrogens (tertiary/aromatic N) is 1. The smallest absolute Gasteiger partial charge is 0.183 e. The number of allylic oxidation sites excluding steroid dienone is 4. The van der Waals surface area contributed by atoms with Crippen LogP contribution in [0.4, 0.5) is 14.5 Å². The molecule has 0 fully saturated rings. The van der Waals surface area contributed by atoms with Crippen molar-refractivity contribution < 1.29 is 23.5 Å². The van der Waals surface area contributed by atoms with Gasteiger partial charge in [-0.1, -0.05) is 0 Å². The van der Waals surface area contributed by atoms with Crippen molar-refractivity contribution in [2.45, 2.75) is 38.5 Å². The van der Waals surface area contributed by atoms with Crippen molar-refractivity contribution in [3.05, 3.63) is 52.7 Å². The molecule has 0 saturated carbocycles. The average Bonchev–Trinajstić information content (AvgIpc) is 2.55. The van der Waals surface area contributed by atoms with Gasteiger partial charge in [-0.25, -0.2) is 8.78 Å². The van der Waals surface area contributed by atoms with Crippen LogP contribution in [-0.2, 0) is 9.59 Å². The number of carbonyl (C=O) groups excluding carboxylic acids is 2. The van der Waals surface area contributed by atoms with Crippen LogP contribution in [0.15, 0.2) is 41.0 Å². The Morgan fingerprint density at radius 1 is 0.920 bits per heavy atom. The van der Waals surface area contributed by atoms with Crippen molar-refractivity contribution in [3.8, 4) is 0 Å². The molecule has 3 N–H and O–H groups in total. The minimum absolute atomic E-state index is 0.0501. The predicted octanol–water partition coefficient (Wildman–Crippen LogP) is 3.22. The summed E-state index contributed by atoms with van der Waals surface area (Å²) in [7, 11) is 0. The molecule has 0 bridgehead atoms. The van der Waals surface area contributed by atoms with E-state index in [0.29, 0.717) is 19.3 Å². The third-order valence-corrected chi connectivity index (χ3v) is 4.38. The molecule has 132 valence electrons. The van der Waals surface area contributed by atoms with E-state index in [1.54, 1.807) is 0 Å². The lowest BCUT2D eigenvalue weighted by Crippen LogP contribution is -2.37. The van der Waals surface area contributed by atoms with Crippen LogP contribution in [0.1, 0.15) is 38.5 Å². The van der Waals surface area contributed by atoms with E-state index in [9.17, 15) is 23.5 Å². The van der Waals surface area contributed by atoms with Gasteiger partial charge in [-0.3, -0.25) is 14.5 Å². The zero-order valence-electron chi connectivity index (χ0n) is 13.5. The molecule has 2 aliphatic rings. The second-order valence-corrected chi connectivity index (χ2v) is 6.16. The maximum absolute atomic E-state index is 13.8. The first-order valence-corrected chi connectivity index (χ1v) is 8.12.